The number of carboxylic acids is 1. The van der Waals surface area contributed by atoms with E-state index >= 15 is 0 Å². The average Bonchev–Trinajstić information content (AvgIpc) is 2.47. The van der Waals surface area contributed by atoms with Crippen molar-refractivity contribution in [1.29, 1.82) is 0 Å². The molecule has 1 fully saturated rings. The van der Waals surface area contributed by atoms with Gasteiger partial charge in [0, 0.05) is 19.1 Å². The Morgan fingerprint density at radius 3 is 2.76 bits per heavy atom. The van der Waals surface area contributed by atoms with Gasteiger partial charge in [0.15, 0.2) is 11.6 Å². The highest BCUT2D eigenvalue weighted by atomic mass is 19.1. The van der Waals surface area contributed by atoms with Crippen LogP contribution in [-0.2, 0) is 16.0 Å². The standard InChI is InChI=1S/C15H20FNO4/c1-20-14-3-2-11(9-13(14)16)8-12(10-15(18)19)17-4-6-21-7-5-17/h2-3,9,12H,4-8,10H2,1H3,(H,18,19). The molecule has 5 nitrogen and oxygen atoms in total. The largest absolute Gasteiger partial charge is 0.494 e. The Kier molecular flexibility index (Phi) is 5.52. The van der Waals surface area contributed by atoms with Gasteiger partial charge in [0.1, 0.15) is 0 Å². The van der Waals surface area contributed by atoms with Gasteiger partial charge in [0.2, 0.25) is 0 Å². The summed E-state index contributed by atoms with van der Waals surface area (Å²) < 4.78 is 23.9. The first-order chi connectivity index (χ1) is 10.1. The molecule has 6 heteroatoms. The van der Waals surface area contributed by atoms with Crippen molar-refractivity contribution in [3.8, 4) is 5.75 Å². The minimum Gasteiger partial charge on any atom is -0.494 e. The highest BCUT2D eigenvalue weighted by Gasteiger charge is 2.24. The number of morpholine rings is 1. The molecule has 1 N–H and O–H groups in total. The number of halogens is 1. The maximum Gasteiger partial charge on any atom is 0.304 e. The number of hydrogen-bond donors (Lipinski definition) is 1. The maximum atomic E-state index is 13.7. The van der Waals surface area contributed by atoms with Gasteiger partial charge in [0.05, 0.1) is 26.7 Å². The Hall–Kier alpha value is -1.66. The van der Waals surface area contributed by atoms with Crippen LogP contribution in [0.3, 0.4) is 0 Å². The van der Waals surface area contributed by atoms with Crippen LogP contribution >= 0.6 is 0 Å². The van der Waals surface area contributed by atoms with Crippen LogP contribution in [0, 0.1) is 5.82 Å². The number of nitrogens with zero attached hydrogens (tertiary/aromatic N) is 1. The van der Waals surface area contributed by atoms with Crippen LogP contribution in [0.1, 0.15) is 12.0 Å². The molecule has 1 unspecified atom stereocenters. The molecule has 0 spiro atoms. The van der Waals surface area contributed by atoms with Gasteiger partial charge in [-0.05, 0) is 24.1 Å². The van der Waals surface area contributed by atoms with E-state index in [-0.39, 0.29) is 18.2 Å². The third-order valence-corrected chi connectivity index (χ3v) is 3.66. The fraction of sp³-hybridized carbons (Fsp3) is 0.533. The first-order valence-electron chi connectivity index (χ1n) is 6.96. The lowest BCUT2D eigenvalue weighted by Crippen LogP contribution is -2.45. The number of ether oxygens (including phenoxy) is 2. The SMILES string of the molecule is COc1ccc(CC(CC(=O)O)N2CCOCC2)cc1F. The molecular formula is C15H20FNO4. The number of carboxylic acid groups (broad SMARTS) is 1. The number of aliphatic carboxylic acids is 1. The molecule has 0 aromatic heterocycles. The van der Waals surface area contributed by atoms with Crippen LogP contribution in [0.5, 0.6) is 5.75 Å². The van der Waals surface area contributed by atoms with E-state index in [1.54, 1.807) is 12.1 Å². The van der Waals surface area contributed by atoms with Gasteiger partial charge in [-0.15, -0.1) is 0 Å². The smallest absolute Gasteiger partial charge is 0.304 e. The molecule has 0 saturated carbocycles. The Morgan fingerprint density at radius 2 is 2.19 bits per heavy atom. The molecular weight excluding hydrogens is 277 g/mol. The van der Waals surface area contributed by atoms with E-state index in [0.717, 1.165) is 5.56 Å². The van der Waals surface area contributed by atoms with E-state index in [1.807, 2.05) is 0 Å². The van der Waals surface area contributed by atoms with Crippen LogP contribution in [0.2, 0.25) is 0 Å². The molecule has 1 aromatic rings. The van der Waals surface area contributed by atoms with E-state index < -0.39 is 11.8 Å². The summed E-state index contributed by atoms with van der Waals surface area (Å²) in [6, 6.07) is 4.60. The van der Waals surface area contributed by atoms with Crippen LogP contribution in [-0.4, -0.2) is 55.4 Å². The second-order valence-electron chi connectivity index (χ2n) is 5.07. The van der Waals surface area contributed by atoms with E-state index in [2.05, 4.69) is 4.90 Å². The molecule has 1 atom stereocenters. The molecule has 1 saturated heterocycles. The summed E-state index contributed by atoms with van der Waals surface area (Å²) in [5, 5.41) is 9.08. The normalized spacial score (nSPS) is 17.4. The Labute approximate surface area is 123 Å². The third-order valence-electron chi connectivity index (χ3n) is 3.66. The Balaban J connectivity index is 2.09. The highest BCUT2D eigenvalue weighted by Crippen LogP contribution is 2.21. The summed E-state index contributed by atoms with van der Waals surface area (Å²) in [7, 11) is 1.42. The zero-order valence-corrected chi connectivity index (χ0v) is 12.0. The molecule has 1 aliphatic rings. The number of benzene rings is 1. The number of methoxy groups -OCH3 is 1. The molecule has 21 heavy (non-hydrogen) atoms. The fourth-order valence-corrected chi connectivity index (χ4v) is 2.58. The Bertz CT molecular complexity index is 489. The van der Waals surface area contributed by atoms with Crippen LogP contribution in [0.15, 0.2) is 18.2 Å². The molecule has 0 amide bonds. The zero-order valence-electron chi connectivity index (χ0n) is 12.0. The van der Waals surface area contributed by atoms with Crippen molar-refractivity contribution < 1.29 is 23.8 Å². The number of carbonyl (C=O) groups is 1. The monoisotopic (exact) mass is 297 g/mol. The predicted molar refractivity (Wildman–Crippen MR) is 75.1 cm³/mol. The zero-order chi connectivity index (χ0) is 15.2. The summed E-state index contributed by atoms with van der Waals surface area (Å²) in [5.74, 6) is -1.08. The first kappa shape index (κ1) is 15.7. The van der Waals surface area contributed by atoms with Crippen molar-refractivity contribution >= 4 is 5.97 Å². The molecule has 0 bridgehead atoms. The lowest BCUT2D eigenvalue weighted by molar-refractivity contribution is -0.138. The van der Waals surface area contributed by atoms with E-state index in [4.69, 9.17) is 14.6 Å². The van der Waals surface area contributed by atoms with Gasteiger partial charge in [-0.2, -0.15) is 0 Å². The summed E-state index contributed by atoms with van der Waals surface area (Å²) in [6.45, 7) is 2.62. The van der Waals surface area contributed by atoms with Crippen LogP contribution in [0.25, 0.3) is 0 Å². The van der Waals surface area contributed by atoms with Crippen LogP contribution in [0.4, 0.5) is 4.39 Å². The summed E-state index contributed by atoms with van der Waals surface area (Å²) in [6.07, 6.45) is 0.529. The van der Waals surface area contributed by atoms with Crippen molar-refractivity contribution in [2.24, 2.45) is 0 Å². The van der Waals surface area contributed by atoms with Crippen LogP contribution < -0.4 is 4.74 Å². The second kappa shape index (κ2) is 7.38. The van der Waals surface area contributed by atoms with Gasteiger partial charge in [-0.3, -0.25) is 9.69 Å². The van der Waals surface area contributed by atoms with E-state index in [9.17, 15) is 9.18 Å². The molecule has 1 heterocycles. The summed E-state index contributed by atoms with van der Waals surface area (Å²) in [4.78, 5) is 13.2. The molecule has 1 aromatic carbocycles. The summed E-state index contributed by atoms with van der Waals surface area (Å²) in [5.41, 5.74) is 0.769. The molecule has 0 radical (unpaired) electrons. The predicted octanol–water partition coefficient (Wildman–Crippen LogP) is 1.55. The lowest BCUT2D eigenvalue weighted by Gasteiger charge is -2.33. The van der Waals surface area contributed by atoms with Gasteiger partial charge >= 0.3 is 5.97 Å². The third kappa shape index (κ3) is 4.41. The number of hydrogen-bond acceptors (Lipinski definition) is 4. The minimum absolute atomic E-state index is 0.0354. The van der Waals surface area contributed by atoms with Crippen molar-refractivity contribution in [1.82, 2.24) is 4.90 Å². The van der Waals surface area contributed by atoms with E-state index in [0.29, 0.717) is 32.7 Å². The Morgan fingerprint density at radius 1 is 1.48 bits per heavy atom. The quantitative estimate of drug-likeness (QED) is 0.863. The van der Waals surface area contributed by atoms with Gasteiger partial charge in [0.25, 0.3) is 0 Å². The lowest BCUT2D eigenvalue weighted by atomic mass is 10.0. The highest BCUT2D eigenvalue weighted by molar-refractivity contribution is 5.67. The maximum absolute atomic E-state index is 13.7. The van der Waals surface area contributed by atoms with Crippen molar-refractivity contribution in [3.63, 3.8) is 0 Å². The fourth-order valence-electron chi connectivity index (χ4n) is 2.58. The van der Waals surface area contributed by atoms with Gasteiger partial charge in [-0.1, -0.05) is 6.07 Å². The van der Waals surface area contributed by atoms with Crippen molar-refractivity contribution in [2.75, 3.05) is 33.4 Å². The number of rotatable bonds is 6. The summed E-state index contributed by atoms with van der Waals surface area (Å²) >= 11 is 0. The van der Waals surface area contributed by atoms with Crippen molar-refractivity contribution in [2.45, 2.75) is 18.9 Å². The minimum atomic E-state index is -0.847. The molecule has 1 aliphatic heterocycles. The molecule has 2 rings (SSSR count). The van der Waals surface area contributed by atoms with Crippen molar-refractivity contribution in [3.05, 3.63) is 29.6 Å². The van der Waals surface area contributed by atoms with Gasteiger partial charge in [-0.25, -0.2) is 4.39 Å². The molecule has 116 valence electrons. The van der Waals surface area contributed by atoms with Gasteiger partial charge < -0.3 is 14.6 Å². The first-order valence-corrected chi connectivity index (χ1v) is 6.96. The molecule has 0 aliphatic carbocycles. The topological polar surface area (TPSA) is 59.0 Å². The van der Waals surface area contributed by atoms with E-state index in [1.165, 1.54) is 13.2 Å². The second-order valence-corrected chi connectivity index (χ2v) is 5.07. The average molecular weight is 297 g/mol.